The number of anilines is 1. The molecule has 0 aliphatic carbocycles. The van der Waals surface area contributed by atoms with E-state index in [9.17, 15) is 23.2 Å². The van der Waals surface area contributed by atoms with Crippen molar-refractivity contribution in [2.24, 2.45) is 0 Å². The van der Waals surface area contributed by atoms with Gasteiger partial charge in [0.15, 0.2) is 17.2 Å². The second-order valence-electron chi connectivity index (χ2n) is 11.4. The van der Waals surface area contributed by atoms with Gasteiger partial charge in [-0.2, -0.15) is 18.4 Å². The fraction of sp³-hybridized carbons (Fsp3) is 0.361. The van der Waals surface area contributed by atoms with Crippen molar-refractivity contribution in [1.29, 1.82) is 5.26 Å². The van der Waals surface area contributed by atoms with Crippen LogP contribution in [0.4, 0.5) is 19.1 Å². The topological polar surface area (TPSA) is 129 Å². The number of hydrogen-bond donors (Lipinski definition) is 0. The third-order valence-corrected chi connectivity index (χ3v) is 7.66. The second-order valence-corrected chi connectivity index (χ2v) is 11.4. The molecule has 2 aromatic carbocycles. The van der Waals surface area contributed by atoms with Crippen LogP contribution < -0.4 is 23.8 Å². The number of pyridine rings is 1. The minimum atomic E-state index is -4.67. The fourth-order valence-corrected chi connectivity index (χ4v) is 5.10. The van der Waals surface area contributed by atoms with E-state index in [1.54, 1.807) is 17.0 Å². The Morgan fingerprint density at radius 2 is 1.60 bits per heavy atom. The second kappa shape index (κ2) is 16.7. The van der Waals surface area contributed by atoms with E-state index in [1.807, 2.05) is 32.0 Å². The maximum Gasteiger partial charge on any atom is 0.416 e. The van der Waals surface area contributed by atoms with Crippen LogP contribution in [-0.2, 0) is 28.8 Å². The van der Waals surface area contributed by atoms with Gasteiger partial charge in [-0.3, -0.25) is 4.79 Å². The van der Waals surface area contributed by atoms with Gasteiger partial charge in [0.25, 0.3) is 0 Å². The number of halogens is 3. The van der Waals surface area contributed by atoms with Crippen molar-refractivity contribution in [2.75, 3.05) is 39.9 Å². The highest BCUT2D eigenvalue weighted by atomic mass is 19.4. The summed E-state index contributed by atoms with van der Waals surface area (Å²) in [5.74, 6) is 1.57. The van der Waals surface area contributed by atoms with E-state index < -0.39 is 11.7 Å². The van der Waals surface area contributed by atoms with Crippen molar-refractivity contribution < 1.29 is 41.7 Å². The van der Waals surface area contributed by atoms with Gasteiger partial charge in [-0.05, 0) is 65.9 Å². The average molecular weight is 694 g/mol. The van der Waals surface area contributed by atoms with Crippen LogP contribution in [0.15, 0.2) is 54.9 Å². The van der Waals surface area contributed by atoms with Crippen LogP contribution in [0, 0.1) is 11.3 Å². The van der Waals surface area contributed by atoms with Crippen LogP contribution >= 0.6 is 0 Å². The Labute approximate surface area is 288 Å². The maximum atomic E-state index is 13.9. The van der Waals surface area contributed by atoms with Gasteiger partial charge in [0, 0.05) is 30.8 Å². The third kappa shape index (κ3) is 9.31. The highest BCUT2D eigenvalue weighted by Crippen LogP contribution is 2.40. The highest BCUT2D eigenvalue weighted by molar-refractivity contribution is 5.74. The van der Waals surface area contributed by atoms with Crippen molar-refractivity contribution in [1.82, 2.24) is 15.0 Å². The Kier molecular flexibility index (Phi) is 12.4. The third-order valence-electron chi connectivity index (χ3n) is 7.66. The molecule has 0 aliphatic heterocycles. The molecule has 0 amide bonds. The van der Waals surface area contributed by atoms with Crippen LogP contribution in [0.25, 0.3) is 11.3 Å². The lowest BCUT2D eigenvalue weighted by atomic mass is 9.99. The van der Waals surface area contributed by atoms with Crippen LogP contribution in [-0.4, -0.2) is 56.0 Å². The van der Waals surface area contributed by atoms with Crippen molar-refractivity contribution in [3.8, 4) is 40.3 Å². The molecule has 2 heterocycles. The van der Waals surface area contributed by atoms with Crippen molar-refractivity contribution in [3.05, 3.63) is 82.8 Å². The number of nitrogens with zero attached hydrogens (tertiary/aromatic N) is 5. The standard InChI is InChI=1S/C36H38F3N5O6/c1-22(2)29-9-10-30(46-3)34(43-29)28-16-32(48-5)31(47-4)15-25(28)21-44(20-24-12-23(17-40)13-26(14-24)36(37,38)39)35-41-18-27(19-42-35)50-11-7-8-33(45)49-6/h9-10,12-16,18-19,22H,7-8,11,20-21H2,1-6H3. The SMILES string of the molecule is COC(=O)CCCOc1cnc(N(Cc2cc(C#N)cc(C(F)(F)F)c2)Cc2cc(OC)c(OC)cc2-c2nc(C(C)C)ccc2OC)nc1. The number of alkyl halides is 3. The zero-order valence-corrected chi connectivity index (χ0v) is 28.6. The molecule has 0 N–H and O–H groups in total. The summed E-state index contributed by atoms with van der Waals surface area (Å²) in [4.78, 5) is 27.0. The first kappa shape index (κ1) is 37.2. The number of ether oxygens (including phenoxy) is 5. The van der Waals surface area contributed by atoms with Crippen molar-refractivity contribution >= 4 is 11.9 Å². The molecule has 0 atom stereocenters. The van der Waals surface area contributed by atoms with E-state index in [4.69, 9.17) is 23.9 Å². The monoisotopic (exact) mass is 693 g/mol. The molecule has 0 aliphatic rings. The van der Waals surface area contributed by atoms with Gasteiger partial charge >= 0.3 is 12.1 Å². The largest absolute Gasteiger partial charge is 0.494 e. The van der Waals surface area contributed by atoms with Crippen LogP contribution in [0.2, 0.25) is 0 Å². The number of carbonyl (C=O) groups excluding carboxylic acids is 1. The molecule has 2 aromatic heterocycles. The Balaban J connectivity index is 1.83. The van der Waals surface area contributed by atoms with Gasteiger partial charge in [-0.15, -0.1) is 0 Å². The molecule has 11 nitrogen and oxygen atoms in total. The molecule has 0 fully saturated rings. The van der Waals surface area contributed by atoms with Crippen molar-refractivity contribution in [2.45, 2.75) is 51.9 Å². The summed E-state index contributed by atoms with van der Waals surface area (Å²) in [6.07, 6.45) is -1.21. The van der Waals surface area contributed by atoms with Gasteiger partial charge < -0.3 is 28.6 Å². The Morgan fingerprint density at radius 3 is 2.20 bits per heavy atom. The predicted octanol–water partition coefficient (Wildman–Crippen LogP) is 7.12. The lowest BCUT2D eigenvalue weighted by Gasteiger charge is -2.26. The molecular formula is C36H38F3N5O6. The number of benzene rings is 2. The normalized spacial score (nSPS) is 11.1. The van der Waals surface area contributed by atoms with E-state index in [2.05, 4.69) is 14.7 Å². The fourth-order valence-electron chi connectivity index (χ4n) is 5.10. The van der Waals surface area contributed by atoms with Crippen LogP contribution in [0.1, 0.15) is 60.6 Å². The highest BCUT2D eigenvalue weighted by Gasteiger charge is 2.31. The lowest BCUT2D eigenvalue weighted by Crippen LogP contribution is -2.25. The molecule has 4 aromatic rings. The lowest BCUT2D eigenvalue weighted by molar-refractivity contribution is -0.141. The minimum Gasteiger partial charge on any atom is -0.494 e. The summed E-state index contributed by atoms with van der Waals surface area (Å²) in [5, 5.41) is 9.54. The maximum absolute atomic E-state index is 13.9. The Bertz CT molecular complexity index is 1830. The van der Waals surface area contributed by atoms with Gasteiger partial charge in [-0.25, -0.2) is 15.0 Å². The summed E-state index contributed by atoms with van der Waals surface area (Å²) in [6, 6.07) is 12.3. The van der Waals surface area contributed by atoms with Gasteiger partial charge in [0.1, 0.15) is 11.4 Å². The van der Waals surface area contributed by atoms with E-state index in [0.29, 0.717) is 46.2 Å². The number of rotatable bonds is 15. The molecule has 0 spiro atoms. The Morgan fingerprint density at radius 1 is 0.920 bits per heavy atom. The van der Waals surface area contributed by atoms with Crippen molar-refractivity contribution in [3.63, 3.8) is 0 Å². The van der Waals surface area contributed by atoms with E-state index >= 15 is 0 Å². The zero-order chi connectivity index (χ0) is 36.4. The molecule has 0 saturated carbocycles. The Hall–Kier alpha value is -5.58. The first-order valence-corrected chi connectivity index (χ1v) is 15.6. The number of nitriles is 1. The molecule has 0 radical (unpaired) electrons. The first-order chi connectivity index (χ1) is 23.9. The molecule has 0 saturated heterocycles. The smallest absolute Gasteiger partial charge is 0.416 e. The van der Waals surface area contributed by atoms with Crippen LogP contribution in [0.5, 0.6) is 23.0 Å². The predicted molar refractivity (Wildman–Crippen MR) is 178 cm³/mol. The molecule has 14 heteroatoms. The number of esters is 1. The minimum absolute atomic E-state index is 0.0594. The average Bonchev–Trinajstić information content (AvgIpc) is 3.12. The van der Waals surface area contributed by atoms with E-state index in [1.165, 1.54) is 46.9 Å². The molecule has 4 rings (SSSR count). The quantitative estimate of drug-likeness (QED) is 0.0933. The van der Waals surface area contributed by atoms with E-state index in [-0.39, 0.29) is 55.1 Å². The first-order valence-electron chi connectivity index (χ1n) is 15.6. The summed E-state index contributed by atoms with van der Waals surface area (Å²) in [5.41, 5.74) is 1.73. The summed E-state index contributed by atoms with van der Waals surface area (Å²) >= 11 is 0. The van der Waals surface area contributed by atoms with Gasteiger partial charge in [0.2, 0.25) is 5.95 Å². The summed E-state index contributed by atoms with van der Waals surface area (Å²) in [7, 11) is 5.85. The zero-order valence-electron chi connectivity index (χ0n) is 28.6. The summed E-state index contributed by atoms with van der Waals surface area (Å²) in [6.45, 7) is 4.20. The van der Waals surface area contributed by atoms with Gasteiger partial charge in [-0.1, -0.05) is 13.8 Å². The molecule has 264 valence electrons. The number of aromatic nitrogens is 3. The number of methoxy groups -OCH3 is 4. The van der Waals surface area contributed by atoms with E-state index in [0.717, 1.165) is 17.8 Å². The number of hydrogen-bond acceptors (Lipinski definition) is 11. The molecule has 0 unspecified atom stereocenters. The molecule has 50 heavy (non-hydrogen) atoms. The summed E-state index contributed by atoms with van der Waals surface area (Å²) < 4.78 is 68.8. The van der Waals surface area contributed by atoms with Gasteiger partial charge in [0.05, 0.1) is 64.6 Å². The molecule has 0 bridgehead atoms. The van der Waals surface area contributed by atoms with Crippen LogP contribution in [0.3, 0.4) is 0 Å². The molecular weight excluding hydrogens is 655 g/mol. The number of carbonyl (C=O) groups is 1.